The molecule has 0 saturated carbocycles. The summed E-state index contributed by atoms with van der Waals surface area (Å²) in [7, 11) is 0. The van der Waals surface area contributed by atoms with Crippen LogP contribution in [0.1, 0.15) is 18.9 Å². The highest BCUT2D eigenvalue weighted by Gasteiger charge is 2.18. The Labute approximate surface area is 226 Å². The van der Waals surface area contributed by atoms with Crippen LogP contribution in [0.25, 0.3) is 0 Å². The smallest absolute Gasteiger partial charge is 0.237 e. The number of hydrogen-bond acceptors (Lipinski definition) is 4. The summed E-state index contributed by atoms with van der Waals surface area (Å²) < 4.78 is 5.81. The number of hydrogen-bond donors (Lipinski definition) is 2. The van der Waals surface area contributed by atoms with Crippen molar-refractivity contribution in [2.75, 3.05) is 10.6 Å². The van der Waals surface area contributed by atoms with Crippen molar-refractivity contribution < 1.29 is 14.3 Å². The molecule has 4 aromatic rings. The molecule has 0 heterocycles. The highest BCUT2D eigenvalue weighted by Crippen LogP contribution is 2.29. The molecule has 188 valence electrons. The Balaban J connectivity index is 1.32. The fourth-order valence-electron chi connectivity index (χ4n) is 3.58. The van der Waals surface area contributed by atoms with Crippen LogP contribution in [0.3, 0.4) is 0 Å². The third kappa shape index (κ3) is 8.13. The number of halogens is 1. The Morgan fingerprint density at radius 3 is 2.22 bits per heavy atom. The van der Waals surface area contributed by atoms with E-state index in [2.05, 4.69) is 10.6 Å². The summed E-state index contributed by atoms with van der Waals surface area (Å²) >= 11 is 7.38. The Morgan fingerprint density at radius 2 is 1.51 bits per heavy atom. The van der Waals surface area contributed by atoms with Gasteiger partial charge in [-0.05, 0) is 78.7 Å². The second kappa shape index (κ2) is 13.0. The Kier molecular flexibility index (Phi) is 9.24. The van der Waals surface area contributed by atoms with Gasteiger partial charge in [-0.1, -0.05) is 54.9 Å². The molecule has 5 nitrogen and oxygen atoms in total. The third-order valence-electron chi connectivity index (χ3n) is 5.44. The first kappa shape index (κ1) is 26.3. The minimum Gasteiger partial charge on any atom is -0.457 e. The standard InChI is InChI=1S/C30H27ClN2O3S/c1-2-28(30(35)33-23-15-17-26(18-16-23)36-25-8-4-3-5-9-25)37-27-10-6-7-24(20-27)32-29(34)19-21-11-13-22(31)14-12-21/h3-18,20,28H,2,19H2,1H3,(H,32,34)(H,33,35). The van der Waals surface area contributed by atoms with Crippen molar-refractivity contribution in [3.8, 4) is 11.5 Å². The van der Waals surface area contributed by atoms with Crippen LogP contribution >= 0.6 is 23.4 Å². The van der Waals surface area contributed by atoms with E-state index in [9.17, 15) is 9.59 Å². The molecule has 0 aliphatic heterocycles. The van der Waals surface area contributed by atoms with Crippen molar-refractivity contribution in [3.05, 3.63) is 114 Å². The van der Waals surface area contributed by atoms with E-state index in [1.54, 1.807) is 12.1 Å². The number of nitrogens with one attached hydrogen (secondary N) is 2. The Hall–Kier alpha value is -3.74. The van der Waals surface area contributed by atoms with Crippen LogP contribution in [0, 0.1) is 0 Å². The van der Waals surface area contributed by atoms with E-state index in [0.29, 0.717) is 28.6 Å². The molecule has 37 heavy (non-hydrogen) atoms. The van der Waals surface area contributed by atoms with Crippen LogP contribution in [0.4, 0.5) is 11.4 Å². The second-order valence-electron chi connectivity index (χ2n) is 8.32. The van der Waals surface area contributed by atoms with E-state index in [1.807, 2.05) is 97.9 Å². The maximum Gasteiger partial charge on any atom is 0.237 e. The Bertz CT molecular complexity index is 1330. The normalized spacial score (nSPS) is 11.4. The predicted octanol–water partition coefficient (Wildman–Crippen LogP) is 7.82. The van der Waals surface area contributed by atoms with Crippen molar-refractivity contribution in [2.45, 2.75) is 29.9 Å². The van der Waals surface area contributed by atoms with Crippen LogP contribution in [0.5, 0.6) is 11.5 Å². The van der Waals surface area contributed by atoms with Crippen molar-refractivity contribution in [2.24, 2.45) is 0 Å². The number of ether oxygens (including phenoxy) is 1. The first-order valence-corrected chi connectivity index (χ1v) is 13.2. The van der Waals surface area contributed by atoms with Crippen molar-refractivity contribution in [1.82, 2.24) is 0 Å². The van der Waals surface area contributed by atoms with Crippen LogP contribution in [-0.4, -0.2) is 17.1 Å². The largest absolute Gasteiger partial charge is 0.457 e. The van der Waals surface area contributed by atoms with Gasteiger partial charge in [-0.3, -0.25) is 9.59 Å². The van der Waals surface area contributed by atoms with Gasteiger partial charge in [-0.2, -0.15) is 0 Å². The summed E-state index contributed by atoms with van der Waals surface area (Å²) in [5.74, 6) is 1.25. The van der Waals surface area contributed by atoms with Gasteiger partial charge in [-0.25, -0.2) is 0 Å². The van der Waals surface area contributed by atoms with Gasteiger partial charge in [0.05, 0.1) is 11.7 Å². The SMILES string of the molecule is CCC(Sc1cccc(NC(=O)Cc2ccc(Cl)cc2)c1)C(=O)Nc1ccc(Oc2ccccc2)cc1. The molecule has 0 radical (unpaired) electrons. The van der Waals surface area contributed by atoms with Crippen molar-refractivity contribution in [3.63, 3.8) is 0 Å². The average Bonchev–Trinajstić information content (AvgIpc) is 2.90. The van der Waals surface area contributed by atoms with E-state index < -0.39 is 0 Å². The number of para-hydroxylation sites is 1. The van der Waals surface area contributed by atoms with Crippen LogP contribution < -0.4 is 15.4 Å². The van der Waals surface area contributed by atoms with Gasteiger partial charge >= 0.3 is 0 Å². The summed E-state index contributed by atoms with van der Waals surface area (Å²) in [6.45, 7) is 1.98. The summed E-state index contributed by atoms with van der Waals surface area (Å²) in [6, 6.07) is 31.6. The zero-order valence-corrected chi connectivity index (χ0v) is 21.9. The maximum atomic E-state index is 13.0. The lowest BCUT2D eigenvalue weighted by Crippen LogP contribution is -2.24. The number of carbonyl (C=O) groups is 2. The molecule has 4 rings (SSSR count). The fraction of sp³-hybridized carbons (Fsp3) is 0.133. The molecule has 0 saturated heterocycles. The van der Waals surface area contributed by atoms with Gasteiger partial charge < -0.3 is 15.4 Å². The molecule has 0 fully saturated rings. The number of carbonyl (C=O) groups excluding carboxylic acids is 2. The van der Waals surface area contributed by atoms with Gasteiger partial charge in [0, 0.05) is 21.3 Å². The molecule has 0 aliphatic rings. The predicted molar refractivity (Wildman–Crippen MR) is 152 cm³/mol. The molecule has 1 atom stereocenters. The number of benzene rings is 4. The molecule has 1 unspecified atom stereocenters. The second-order valence-corrected chi connectivity index (χ2v) is 10.0. The first-order chi connectivity index (χ1) is 18.0. The van der Waals surface area contributed by atoms with Gasteiger partial charge in [-0.15, -0.1) is 11.8 Å². The summed E-state index contributed by atoms with van der Waals surface area (Å²) in [4.78, 5) is 26.3. The van der Waals surface area contributed by atoms with Crippen LogP contribution in [0.2, 0.25) is 5.02 Å². The monoisotopic (exact) mass is 530 g/mol. The maximum absolute atomic E-state index is 13.0. The number of amides is 2. The molecular weight excluding hydrogens is 504 g/mol. The number of anilines is 2. The van der Waals surface area contributed by atoms with Gasteiger partial charge in [0.15, 0.2) is 0 Å². The van der Waals surface area contributed by atoms with E-state index in [0.717, 1.165) is 16.2 Å². The van der Waals surface area contributed by atoms with Gasteiger partial charge in [0.25, 0.3) is 0 Å². The topological polar surface area (TPSA) is 67.4 Å². The molecular formula is C30H27ClN2O3S. The molecule has 4 aromatic carbocycles. The summed E-state index contributed by atoms with van der Waals surface area (Å²) in [6.07, 6.45) is 0.905. The molecule has 0 bridgehead atoms. The number of rotatable bonds is 10. The molecule has 0 spiro atoms. The van der Waals surface area contributed by atoms with Crippen molar-refractivity contribution in [1.29, 1.82) is 0 Å². The summed E-state index contributed by atoms with van der Waals surface area (Å²) in [5.41, 5.74) is 2.27. The highest BCUT2D eigenvalue weighted by molar-refractivity contribution is 8.00. The van der Waals surface area contributed by atoms with E-state index in [-0.39, 0.29) is 23.5 Å². The number of thioether (sulfide) groups is 1. The first-order valence-electron chi connectivity index (χ1n) is 11.9. The minimum atomic E-state index is -0.291. The van der Waals surface area contributed by atoms with Crippen LogP contribution in [0.15, 0.2) is 108 Å². The zero-order valence-electron chi connectivity index (χ0n) is 20.3. The van der Waals surface area contributed by atoms with Crippen LogP contribution in [-0.2, 0) is 16.0 Å². The van der Waals surface area contributed by atoms with Crippen molar-refractivity contribution >= 4 is 46.6 Å². The van der Waals surface area contributed by atoms with Gasteiger partial charge in [0.2, 0.25) is 11.8 Å². The summed E-state index contributed by atoms with van der Waals surface area (Å²) in [5, 5.41) is 6.26. The lowest BCUT2D eigenvalue weighted by molar-refractivity contribution is -0.116. The minimum absolute atomic E-state index is 0.0820. The van der Waals surface area contributed by atoms with E-state index >= 15 is 0 Å². The third-order valence-corrected chi connectivity index (χ3v) is 7.05. The molecule has 0 aliphatic carbocycles. The lowest BCUT2D eigenvalue weighted by Gasteiger charge is -2.16. The molecule has 0 aromatic heterocycles. The van der Waals surface area contributed by atoms with E-state index in [4.69, 9.17) is 16.3 Å². The zero-order chi connectivity index (χ0) is 26.0. The molecule has 7 heteroatoms. The lowest BCUT2D eigenvalue weighted by atomic mass is 10.1. The molecule has 2 N–H and O–H groups in total. The van der Waals surface area contributed by atoms with Gasteiger partial charge in [0.1, 0.15) is 11.5 Å². The highest BCUT2D eigenvalue weighted by atomic mass is 35.5. The quantitative estimate of drug-likeness (QED) is 0.205. The van der Waals surface area contributed by atoms with E-state index in [1.165, 1.54) is 11.8 Å². The Morgan fingerprint density at radius 1 is 0.811 bits per heavy atom. The average molecular weight is 531 g/mol. The molecule has 2 amide bonds. The fourth-order valence-corrected chi connectivity index (χ4v) is 4.72.